The van der Waals surface area contributed by atoms with Crippen molar-refractivity contribution in [1.29, 1.82) is 0 Å². The van der Waals surface area contributed by atoms with Crippen LogP contribution in [-0.2, 0) is 56.1 Å². The number of nitrogens with one attached hydrogen (secondary N) is 4. The smallest absolute Gasteiger partial charge is 0.329 e. The van der Waals surface area contributed by atoms with Crippen LogP contribution in [0, 0.1) is 19.3 Å². The highest BCUT2D eigenvalue weighted by Gasteiger charge is 2.42. The van der Waals surface area contributed by atoms with Gasteiger partial charge in [0.05, 0.1) is 0 Å². The number of esters is 1. The topological polar surface area (TPSA) is 217 Å². The number of hydrogen-bond acceptors (Lipinski definition) is 10. The van der Waals surface area contributed by atoms with Gasteiger partial charge in [0.25, 0.3) is 11.8 Å². The summed E-state index contributed by atoms with van der Waals surface area (Å²) >= 11 is 0. The molecule has 0 saturated carbocycles. The number of fused-ring (bicyclic) bond motifs is 1. The SMILES string of the molecule is CCC(C)(C)C(=O)C(=O)N1CCCC[C@H]1C(=O)O[C@H](CCc1ccc(C)c(C)c1)c1cccc(NC(=O)CCCC(=O)NCCCCC(=O)Nc2cccc3c2CN(C2CCC(=O)NC2=O)C3=O)c1. The van der Waals surface area contributed by atoms with E-state index in [4.69, 9.17) is 4.74 Å². The zero-order valence-corrected chi connectivity index (χ0v) is 40.5. The van der Waals surface area contributed by atoms with Crippen molar-refractivity contribution in [3.05, 3.63) is 94.0 Å². The number of carbonyl (C=O) groups is 9. The van der Waals surface area contributed by atoms with Crippen LogP contribution < -0.4 is 21.3 Å². The predicted octanol–water partition coefficient (Wildman–Crippen LogP) is 6.70. The Balaban J connectivity index is 0.954. The molecule has 3 aromatic carbocycles. The van der Waals surface area contributed by atoms with Crippen LogP contribution >= 0.6 is 0 Å². The van der Waals surface area contributed by atoms with Crippen molar-refractivity contribution in [2.45, 2.75) is 149 Å². The van der Waals surface area contributed by atoms with Crippen LogP contribution in [0.4, 0.5) is 11.4 Å². The fraction of sp³-hybridized carbons (Fsp3) is 0.491. The van der Waals surface area contributed by atoms with Gasteiger partial charge in [0.1, 0.15) is 18.2 Å². The van der Waals surface area contributed by atoms with Gasteiger partial charge in [-0.2, -0.15) is 0 Å². The second-order valence-electron chi connectivity index (χ2n) is 19.1. The van der Waals surface area contributed by atoms with Gasteiger partial charge < -0.3 is 30.5 Å². The van der Waals surface area contributed by atoms with E-state index in [2.05, 4.69) is 39.5 Å². The quantitative estimate of drug-likeness (QED) is 0.0383. The zero-order valence-electron chi connectivity index (χ0n) is 40.5. The predicted molar refractivity (Wildman–Crippen MR) is 258 cm³/mol. The summed E-state index contributed by atoms with van der Waals surface area (Å²) in [5, 5.41) is 10.9. The average Bonchev–Trinajstić information content (AvgIpc) is 3.66. The van der Waals surface area contributed by atoms with E-state index in [1.807, 2.05) is 26.8 Å². The third-order valence-corrected chi connectivity index (χ3v) is 13.6. The van der Waals surface area contributed by atoms with E-state index in [0.717, 1.165) is 11.1 Å². The lowest BCUT2D eigenvalue weighted by Crippen LogP contribution is -2.53. The molecule has 16 heteroatoms. The first-order valence-corrected chi connectivity index (χ1v) is 24.3. The van der Waals surface area contributed by atoms with Gasteiger partial charge in [0, 0.05) is 73.2 Å². The molecule has 0 aliphatic carbocycles. The van der Waals surface area contributed by atoms with Gasteiger partial charge in [-0.25, -0.2) is 4.79 Å². The Morgan fingerprint density at radius 3 is 2.32 bits per heavy atom. The van der Waals surface area contributed by atoms with Gasteiger partial charge >= 0.3 is 5.97 Å². The summed E-state index contributed by atoms with van der Waals surface area (Å²) in [4.78, 5) is 119. The zero-order chi connectivity index (χ0) is 49.8. The highest BCUT2D eigenvalue weighted by molar-refractivity contribution is 6.38. The highest BCUT2D eigenvalue weighted by atomic mass is 16.5. The Morgan fingerprint density at radius 2 is 1.57 bits per heavy atom. The third kappa shape index (κ3) is 13.5. The number of ketones is 1. The minimum absolute atomic E-state index is 0.0855. The van der Waals surface area contributed by atoms with E-state index in [-0.39, 0.29) is 68.2 Å². The van der Waals surface area contributed by atoms with Crippen molar-refractivity contribution in [2.75, 3.05) is 23.7 Å². The standard InChI is InChI=1S/C53H66N6O10/c1-6-53(4,5)48(64)51(67)58-29-10-8-18-42(58)52(68)69-43(26-24-35-23-22-33(2)34(3)30-35)36-14-11-15-37(31-36)55-45(61)21-13-20-44(60)54-28-9-7-19-46(62)56-40-17-12-16-38-39(40)32-59(50(38)66)41-25-27-47(63)57-49(41)65/h11-12,14-17,22-23,30-31,41-43H,6-10,13,18-21,24-29,32H2,1-5H3,(H,54,60)(H,55,61)(H,56,62)(H,57,63,65)/t41?,42-,43+/m0/s1. The first-order valence-electron chi connectivity index (χ1n) is 24.3. The summed E-state index contributed by atoms with van der Waals surface area (Å²) in [5.74, 6) is -3.70. The molecule has 1 unspecified atom stereocenters. The second kappa shape index (κ2) is 23.5. The molecular weight excluding hydrogens is 881 g/mol. The summed E-state index contributed by atoms with van der Waals surface area (Å²) < 4.78 is 6.25. The number of piperidine rings is 2. The molecule has 2 saturated heterocycles. The van der Waals surface area contributed by atoms with Crippen molar-refractivity contribution < 1.29 is 47.9 Å². The lowest BCUT2D eigenvalue weighted by Gasteiger charge is -2.36. The lowest BCUT2D eigenvalue weighted by atomic mass is 9.84. The first kappa shape index (κ1) is 51.7. The number of Topliss-reactive ketones (excluding diaryl/α,β-unsaturated/α-hetero) is 1. The third-order valence-electron chi connectivity index (χ3n) is 13.6. The first-order chi connectivity index (χ1) is 32.9. The molecule has 3 aromatic rings. The van der Waals surface area contributed by atoms with Gasteiger partial charge in [-0.15, -0.1) is 0 Å². The lowest BCUT2D eigenvalue weighted by molar-refractivity contribution is -0.164. The summed E-state index contributed by atoms with van der Waals surface area (Å²) in [7, 11) is 0. The van der Waals surface area contributed by atoms with Gasteiger partial charge in [-0.1, -0.05) is 57.2 Å². The summed E-state index contributed by atoms with van der Waals surface area (Å²) in [5.41, 5.74) is 5.21. The molecule has 3 aliphatic rings. The van der Waals surface area contributed by atoms with Crippen molar-refractivity contribution in [1.82, 2.24) is 20.4 Å². The maximum Gasteiger partial charge on any atom is 0.329 e. The van der Waals surface area contributed by atoms with Crippen molar-refractivity contribution >= 4 is 64.5 Å². The Kier molecular flexibility index (Phi) is 17.6. The molecule has 3 atom stereocenters. The van der Waals surface area contributed by atoms with Gasteiger partial charge in [0.2, 0.25) is 35.3 Å². The van der Waals surface area contributed by atoms with Crippen LogP contribution in [0.1, 0.15) is 149 Å². The van der Waals surface area contributed by atoms with E-state index >= 15 is 0 Å². The molecule has 16 nitrogen and oxygen atoms in total. The molecule has 368 valence electrons. The van der Waals surface area contributed by atoms with Crippen LogP contribution in [-0.4, -0.2) is 88.1 Å². The minimum Gasteiger partial charge on any atom is -0.456 e. The number of rotatable bonds is 21. The molecule has 69 heavy (non-hydrogen) atoms. The highest BCUT2D eigenvalue weighted by Crippen LogP contribution is 2.33. The number of hydrogen-bond donors (Lipinski definition) is 4. The maximum atomic E-state index is 14.0. The summed E-state index contributed by atoms with van der Waals surface area (Å²) in [6.45, 7) is 10.2. The van der Waals surface area contributed by atoms with Crippen molar-refractivity contribution in [3.63, 3.8) is 0 Å². The number of anilines is 2. The number of aryl methyl sites for hydroxylation is 3. The molecule has 0 spiro atoms. The number of carbonyl (C=O) groups excluding carboxylic acids is 9. The molecule has 4 N–H and O–H groups in total. The van der Waals surface area contributed by atoms with E-state index in [9.17, 15) is 43.2 Å². The molecule has 3 aliphatic heterocycles. The van der Waals surface area contributed by atoms with Gasteiger partial charge in [0.15, 0.2) is 0 Å². The van der Waals surface area contributed by atoms with Crippen LogP contribution in [0.5, 0.6) is 0 Å². The van der Waals surface area contributed by atoms with Crippen LogP contribution in [0.15, 0.2) is 60.7 Å². The monoisotopic (exact) mass is 946 g/mol. The fourth-order valence-electron chi connectivity index (χ4n) is 8.86. The van der Waals surface area contributed by atoms with E-state index in [0.29, 0.717) is 98.9 Å². The number of benzene rings is 3. The van der Waals surface area contributed by atoms with Gasteiger partial charge in [-0.3, -0.25) is 43.7 Å². The Hall–Kier alpha value is -6.71. The van der Waals surface area contributed by atoms with Crippen LogP contribution in [0.3, 0.4) is 0 Å². The number of unbranched alkanes of at least 4 members (excludes halogenated alkanes) is 1. The molecule has 2 fully saturated rings. The fourth-order valence-corrected chi connectivity index (χ4v) is 8.86. The van der Waals surface area contributed by atoms with Crippen LogP contribution in [0.25, 0.3) is 0 Å². The Bertz CT molecular complexity index is 2470. The summed E-state index contributed by atoms with van der Waals surface area (Å²) in [6.07, 6.45) is 4.71. The Labute approximate surface area is 404 Å². The molecule has 0 radical (unpaired) electrons. The minimum atomic E-state index is -0.890. The van der Waals surface area contributed by atoms with Crippen molar-refractivity contribution in [3.8, 4) is 0 Å². The molecule has 6 rings (SSSR count). The van der Waals surface area contributed by atoms with E-state index < -0.39 is 47.2 Å². The van der Waals surface area contributed by atoms with Crippen LogP contribution in [0.2, 0.25) is 0 Å². The normalized spacial score (nSPS) is 17.4. The molecule has 3 heterocycles. The number of nitrogens with zero attached hydrogens (tertiary/aromatic N) is 2. The largest absolute Gasteiger partial charge is 0.456 e. The molecule has 0 aromatic heterocycles. The Morgan fingerprint density at radius 1 is 0.826 bits per heavy atom. The number of imide groups is 1. The second-order valence-corrected chi connectivity index (χ2v) is 19.1. The van der Waals surface area contributed by atoms with E-state index in [1.54, 1.807) is 50.2 Å². The molecule has 7 amide bonds. The number of likely N-dealkylation sites (tertiary alicyclic amines) is 1. The molecule has 0 bridgehead atoms. The number of ether oxygens (including phenoxy) is 1. The summed E-state index contributed by atoms with van der Waals surface area (Å²) in [6, 6.07) is 16.7. The average molecular weight is 947 g/mol. The maximum absolute atomic E-state index is 14.0. The molecular formula is C53H66N6O10. The van der Waals surface area contributed by atoms with E-state index in [1.165, 1.54) is 15.4 Å². The van der Waals surface area contributed by atoms with Crippen molar-refractivity contribution in [2.24, 2.45) is 5.41 Å². The number of amides is 7. The van der Waals surface area contributed by atoms with Gasteiger partial charge in [-0.05, 0) is 125 Å².